The molecule has 0 N–H and O–H groups in total. The second-order valence-corrected chi connectivity index (χ2v) is 5.98. The lowest BCUT2D eigenvalue weighted by atomic mass is 10.2. The van der Waals surface area contributed by atoms with Crippen molar-refractivity contribution in [3.8, 4) is 5.75 Å². The van der Waals surface area contributed by atoms with E-state index in [1.807, 2.05) is 0 Å². The molecule has 0 aliphatic heterocycles. The van der Waals surface area contributed by atoms with Gasteiger partial charge in [0.15, 0.2) is 0 Å². The van der Waals surface area contributed by atoms with Gasteiger partial charge in [-0.25, -0.2) is 4.39 Å². The molecule has 0 amide bonds. The van der Waals surface area contributed by atoms with Crippen LogP contribution < -0.4 is 4.18 Å². The van der Waals surface area contributed by atoms with E-state index in [0.717, 1.165) is 12.1 Å². The number of nitro groups is 1. The number of nitro benzene ring substituents is 1. The molecule has 6 nitrogen and oxygen atoms in total. The first-order valence-electron chi connectivity index (χ1n) is 6.06. The molecule has 11 heteroatoms. The Hall–Kier alpha value is -2.69. The first kappa shape index (κ1) is 17.7. The van der Waals surface area contributed by atoms with Gasteiger partial charge >= 0.3 is 22.0 Å². The van der Waals surface area contributed by atoms with Crippen molar-refractivity contribution in [1.82, 2.24) is 0 Å². The molecule has 0 saturated heterocycles. The number of alkyl halides is 3. The number of hydrogen-bond donors (Lipinski definition) is 0. The fourth-order valence-corrected chi connectivity index (χ4v) is 2.68. The van der Waals surface area contributed by atoms with Crippen LogP contribution in [0.5, 0.6) is 5.75 Å². The quantitative estimate of drug-likeness (QED) is 0.358. The highest BCUT2D eigenvalue weighted by molar-refractivity contribution is 7.87. The van der Waals surface area contributed by atoms with Crippen molar-refractivity contribution in [2.45, 2.75) is 11.1 Å². The highest BCUT2D eigenvalue weighted by atomic mass is 32.2. The molecular weight excluding hydrogens is 358 g/mol. The monoisotopic (exact) mass is 365 g/mol. The maximum Gasteiger partial charge on any atom is 0.416 e. The molecule has 0 aliphatic carbocycles. The Morgan fingerprint density at radius 1 is 1.08 bits per heavy atom. The number of halogens is 4. The number of rotatable bonds is 4. The molecule has 24 heavy (non-hydrogen) atoms. The van der Waals surface area contributed by atoms with E-state index in [2.05, 4.69) is 4.18 Å². The summed E-state index contributed by atoms with van der Waals surface area (Å²) < 4.78 is 79.6. The Balaban J connectivity index is 2.47. The summed E-state index contributed by atoms with van der Waals surface area (Å²) in [6.45, 7) is 0. The Morgan fingerprint density at radius 2 is 1.75 bits per heavy atom. The van der Waals surface area contributed by atoms with Crippen LogP contribution in [-0.4, -0.2) is 13.3 Å². The van der Waals surface area contributed by atoms with Crippen molar-refractivity contribution in [2.75, 3.05) is 0 Å². The third-order valence-corrected chi connectivity index (χ3v) is 4.00. The minimum absolute atomic E-state index is 0.306. The highest BCUT2D eigenvalue weighted by Crippen LogP contribution is 2.33. The highest BCUT2D eigenvalue weighted by Gasteiger charge is 2.32. The van der Waals surface area contributed by atoms with Crippen LogP contribution in [0, 0.1) is 15.9 Å². The largest absolute Gasteiger partial charge is 0.416 e. The molecule has 0 spiro atoms. The summed E-state index contributed by atoms with van der Waals surface area (Å²) in [6.07, 6.45) is -4.80. The smallest absolute Gasteiger partial charge is 0.371 e. The van der Waals surface area contributed by atoms with Gasteiger partial charge in [0.25, 0.3) is 0 Å². The lowest BCUT2D eigenvalue weighted by Crippen LogP contribution is -2.13. The Morgan fingerprint density at radius 3 is 2.33 bits per heavy atom. The van der Waals surface area contributed by atoms with Gasteiger partial charge in [-0.2, -0.15) is 21.6 Å². The van der Waals surface area contributed by atoms with E-state index in [-0.39, 0.29) is 0 Å². The third kappa shape index (κ3) is 3.79. The first-order chi connectivity index (χ1) is 11.0. The summed E-state index contributed by atoms with van der Waals surface area (Å²) in [5.74, 6) is -1.97. The van der Waals surface area contributed by atoms with Gasteiger partial charge in [0.2, 0.25) is 5.75 Å². The average molecular weight is 365 g/mol. The number of nitrogens with zero attached hydrogens (tertiary/aromatic N) is 1. The zero-order valence-electron chi connectivity index (χ0n) is 11.5. The molecular formula is C13H7F4NO5S. The summed E-state index contributed by atoms with van der Waals surface area (Å²) in [7, 11) is -4.84. The van der Waals surface area contributed by atoms with Gasteiger partial charge in [-0.1, -0.05) is 6.07 Å². The van der Waals surface area contributed by atoms with Crippen LogP contribution >= 0.6 is 0 Å². The predicted octanol–water partition coefficient (Wildman–Crippen LogP) is 3.52. The van der Waals surface area contributed by atoms with E-state index >= 15 is 0 Å². The van der Waals surface area contributed by atoms with Crippen molar-refractivity contribution < 1.29 is 35.1 Å². The fraction of sp³-hybridized carbons (Fsp3) is 0.0769. The fourth-order valence-electron chi connectivity index (χ4n) is 1.70. The van der Waals surface area contributed by atoms with Crippen LogP contribution in [0.4, 0.5) is 23.2 Å². The van der Waals surface area contributed by atoms with Crippen molar-refractivity contribution >= 4 is 15.8 Å². The Kier molecular flexibility index (Phi) is 4.47. The van der Waals surface area contributed by atoms with Crippen LogP contribution in [0.2, 0.25) is 0 Å². The average Bonchev–Trinajstić information content (AvgIpc) is 2.46. The van der Waals surface area contributed by atoms with E-state index < -0.39 is 48.9 Å². The van der Waals surface area contributed by atoms with Gasteiger partial charge in [-0.05, 0) is 24.3 Å². The molecule has 0 radical (unpaired) electrons. The SMILES string of the molecule is O=[N+]([O-])c1ccc(F)cc1OS(=O)(=O)c1cccc(C(F)(F)F)c1. The molecule has 0 atom stereocenters. The van der Waals surface area contributed by atoms with E-state index in [1.165, 1.54) is 0 Å². The molecule has 128 valence electrons. The minimum atomic E-state index is -4.84. The van der Waals surface area contributed by atoms with Gasteiger partial charge in [0, 0.05) is 12.1 Å². The van der Waals surface area contributed by atoms with Gasteiger partial charge in [0.1, 0.15) is 10.7 Å². The van der Waals surface area contributed by atoms with Crippen molar-refractivity contribution in [1.29, 1.82) is 0 Å². The second kappa shape index (κ2) is 6.07. The lowest BCUT2D eigenvalue weighted by Gasteiger charge is -2.10. The van der Waals surface area contributed by atoms with Crippen molar-refractivity contribution in [3.05, 3.63) is 64.0 Å². The van der Waals surface area contributed by atoms with E-state index in [0.29, 0.717) is 30.3 Å². The zero-order valence-corrected chi connectivity index (χ0v) is 12.3. The molecule has 0 unspecified atom stereocenters. The predicted molar refractivity (Wildman–Crippen MR) is 72.3 cm³/mol. The molecule has 0 heterocycles. The summed E-state index contributed by atoms with van der Waals surface area (Å²) in [4.78, 5) is 8.90. The normalized spacial score (nSPS) is 12.0. The maximum absolute atomic E-state index is 13.2. The van der Waals surface area contributed by atoms with Crippen LogP contribution in [-0.2, 0) is 16.3 Å². The van der Waals surface area contributed by atoms with Gasteiger partial charge < -0.3 is 4.18 Å². The van der Waals surface area contributed by atoms with Gasteiger partial charge in [-0.15, -0.1) is 0 Å². The van der Waals surface area contributed by atoms with Crippen LogP contribution in [0.1, 0.15) is 5.56 Å². The van der Waals surface area contributed by atoms with Gasteiger partial charge in [0.05, 0.1) is 10.5 Å². The first-order valence-corrected chi connectivity index (χ1v) is 7.47. The minimum Gasteiger partial charge on any atom is -0.371 e. The molecule has 0 saturated carbocycles. The summed E-state index contributed by atoms with van der Waals surface area (Å²) in [6, 6.07) is 4.43. The zero-order chi connectivity index (χ0) is 18.1. The Labute approximate surface area is 132 Å². The standard InChI is InChI=1S/C13H7F4NO5S/c14-9-4-5-11(18(19)20)12(7-9)23-24(21,22)10-3-1-2-8(6-10)13(15,16)17/h1-7H. The van der Waals surface area contributed by atoms with Crippen LogP contribution in [0.25, 0.3) is 0 Å². The summed E-state index contributed by atoms with van der Waals surface area (Å²) in [5, 5.41) is 10.8. The third-order valence-electron chi connectivity index (χ3n) is 2.77. The van der Waals surface area contributed by atoms with Crippen LogP contribution in [0.15, 0.2) is 47.4 Å². The Bertz CT molecular complexity index is 895. The topological polar surface area (TPSA) is 86.5 Å². The van der Waals surface area contributed by atoms with Crippen molar-refractivity contribution in [3.63, 3.8) is 0 Å². The number of benzene rings is 2. The maximum atomic E-state index is 13.2. The van der Waals surface area contributed by atoms with Crippen molar-refractivity contribution in [2.24, 2.45) is 0 Å². The van der Waals surface area contributed by atoms with Gasteiger partial charge in [-0.3, -0.25) is 10.1 Å². The second-order valence-electron chi connectivity index (χ2n) is 4.43. The molecule has 2 aromatic rings. The van der Waals surface area contributed by atoms with E-state index in [4.69, 9.17) is 0 Å². The van der Waals surface area contributed by atoms with Crippen LogP contribution in [0.3, 0.4) is 0 Å². The van der Waals surface area contributed by atoms with E-state index in [9.17, 15) is 36.1 Å². The molecule has 0 aromatic heterocycles. The molecule has 0 fully saturated rings. The molecule has 2 rings (SSSR count). The molecule has 0 aliphatic rings. The summed E-state index contributed by atoms with van der Waals surface area (Å²) >= 11 is 0. The molecule has 2 aromatic carbocycles. The van der Waals surface area contributed by atoms with E-state index in [1.54, 1.807) is 0 Å². The summed E-state index contributed by atoms with van der Waals surface area (Å²) in [5.41, 5.74) is -2.10. The molecule has 0 bridgehead atoms. The lowest BCUT2D eigenvalue weighted by molar-refractivity contribution is -0.385. The number of hydrogen-bond acceptors (Lipinski definition) is 5.